The normalized spacial score (nSPS) is 23.8. The highest BCUT2D eigenvalue weighted by Crippen LogP contribution is 2.23. The fourth-order valence-electron chi connectivity index (χ4n) is 0.556. The van der Waals surface area contributed by atoms with Crippen molar-refractivity contribution >= 4 is 17.9 Å². The lowest BCUT2D eigenvalue weighted by molar-refractivity contribution is -0.117. The van der Waals surface area contributed by atoms with Gasteiger partial charge in [-0.25, -0.2) is 0 Å². The fourth-order valence-corrected chi connectivity index (χ4v) is 1.19. The lowest BCUT2D eigenvalue weighted by Gasteiger charge is -1.98. The molecule has 0 saturated carbocycles. The lowest BCUT2D eigenvalue weighted by atomic mass is 10.3. The third-order valence-electron chi connectivity index (χ3n) is 0.930. The van der Waals surface area contributed by atoms with E-state index in [0.717, 1.165) is 0 Å². The summed E-state index contributed by atoms with van der Waals surface area (Å²) in [5, 5.41) is 0.127. The molecule has 50 valence electrons. The van der Waals surface area contributed by atoms with Crippen LogP contribution in [0.3, 0.4) is 0 Å². The summed E-state index contributed by atoms with van der Waals surface area (Å²) in [4.78, 5) is 10.3. The largest absolute Gasteiger partial charge is 0.433 e. The van der Waals surface area contributed by atoms with Crippen molar-refractivity contribution in [3.05, 3.63) is 12.3 Å². The van der Waals surface area contributed by atoms with E-state index in [9.17, 15) is 4.79 Å². The van der Waals surface area contributed by atoms with Crippen molar-refractivity contribution in [2.45, 2.75) is 11.7 Å². The highest BCUT2D eigenvalue weighted by Gasteiger charge is 2.13. The SMILES string of the molecule is NC(=O)CC1C=COS1. The Bertz CT molecular complexity index is 146. The van der Waals surface area contributed by atoms with E-state index in [2.05, 4.69) is 0 Å². The molecule has 0 aromatic heterocycles. The van der Waals surface area contributed by atoms with Gasteiger partial charge in [-0.1, -0.05) is 0 Å². The molecule has 0 aromatic rings. The second kappa shape index (κ2) is 2.77. The predicted molar refractivity (Wildman–Crippen MR) is 35.4 cm³/mol. The Labute approximate surface area is 57.5 Å². The molecule has 0 spiro atoms. The number of carbonyl (C=O) groups excluding carboxylic acids is 1. The standard InChI is InChI=1S/C5H7NO2S/c6-5(7)3-4-1-2-8-9-4/h1-2,4H,3H2,(H2,6,7). The number of amides is 1. The summed E-state index contributed by atoms with van der Waals surface area (Å²) in [6, 6.07) is 0. The van der Waals surface area contributed by atoms with Gasteiger partial charge in [0.05, 0.1) is 23.6 Å². The van der Waals surface area contributed by atoms with Crippen LogP contribution in [0.2, 0.25) is 0 Å². The topological polar surface area (TPSA) is 52.3 Å². The first-order valence-corrected chi connectivity index (χ1v) is 3.36. The maximum Gasteiger partial charge on any atom is 0.218 e. The highest BCUT2D eigenvalue weighted by molar-refractivity contribution is 7.95. The fraction of sp³-hybridized carbons (Fsp3) is 0.400. The van der Waals surface area contributed by atoms with Gasteiger partial charge in [-0.2, -0.15) is 0 Å². The molecule has 0 saturated heterocycles. The van der Waals surface area contributed by atoms with Gasteiger partial charge in [-0.3, -0.25) is 4.79 Å². The van der Waals surface area contributed by atoms with Crippen LogP contribution >= 0.6 is 12.0 Å². The van der Waals surface area contributed by atoms with Crippen molar-refractivity contribution in [3.8, 4) is 0 Å². The molecule has 1 heterocycles. The molecule has 0 bridgehead atoms. The van der Waals surface area contributed by atoms with E-state index < -0.39 is 0 Å². The van der Waals surface area contributed by atoms with Gasteiger partial charge in [0, 0.05) is 6.42 Å². The molecular formula is C5H7NO2S. The van der Waals surface area contributed by atoms with Crippen molar-refractivity contribution in [3.63, 3.8) is 0 Å². The predicted octanol–water partition coefficient (Wildman–Crippen LogP) is 0.422. The van der Waals surface area contributed by atoms with Gasteiger partial charge in [-0.15, -0.1) is 0 Å². The Balaban J connectivity index is 2.28. The maximum atomic E-state index is 10.3. The van der Waals surface area contributed by atoms with E-state index in [-0.39, 0.29) is 11.2 Å². The van der Waals surface area contributed by atoms with Gasteiger partial charge in [0.25, 0.3) is 0 Å². The summed E-state index contributed by atoms with van der Waals surface area (Å²) in [5.74, 6) is -0.289. The third-order valence-corrected chi connectivity index (χ3v) is 1.72. The molecule has 1 amide bonds. The zero-order chi connectivity index (χ0) is 6.69. The number of carbonyl (C=O) groups is 1. The quantitative estimate of drug-likeness (QED) is 0.573. The van der Waals surface area contributed by atoms with Crippen molar-refractivity contribution in [1.82, 2.24) is 0 Å². The number of nitrogens with two attached hydrogens (primary N) is 1. The molecular weight excluding hydrogens is 138 g/mol. The van der Waals surface area contributed by atoms with Crippen LogP contribution in [-0.2, 0) is 8.98 Å². The molecule has 1 aliphatic rings. The second-order valence-electron chi connectivity index (χ2n) is 1.73. The molecule has 0 fully saturated rings. The summed E-state index contributed by atoms with van der Waals surface area (Å²) in [7, 11) is 0. The minimum atomic E-state index is -0.289. The molecule has 2 N–H and O–H groups in total. The summed E-state index contributed by atoms with van der Waals surface area (Å²) in [6.45, 7) is 0. The first-order chi connectivity index (χ1) is 4.29. The van der Waals surface area contributed by atoms with Crippen molar-refractivity contribution in [1.29, 1.82) is 0 Å². The summed E-state index contributed by atoms with van der Waals surface area (Å²) in [5.41, 5.74) is 4.93. The van der Waals surface area contributed by atoms with E-state index in [4.69, 9.17) is 9.92 Å². The number of primary amides is 1. The first kappa shape index (κ1) is 6.48. The van der Waals surface area contributed by atoms with E-state index >= 15 is 0 Å². The lowest BCUT2D eigenvalue weighted by Crippen LogP contribution is -2.15. The van der Waals surface area contributed by atoms with Gasteiger partial charge in [0.1, 0.15) is 0 Å². The first-order valence-electron chi connectivity index (χ1n) is 2.56. The van der Waals surface area contributed by atoms with Crippen molar-refractivity contribution in [2.24, 2.45) is 5.73 Å². The average Bonchev–Trinajstić information content (AvgIpc) is 2.15. The third kappa shape index (κ3) is 1.97. The molecule has 0 radical (unpaired) electrons. The molecule has 0 aromatic carbocycles. The van der Waals surface area contributed by atoms with Crippen LogP contribution in [-0.4, -0.2) is 11.2 Å². The summed E-state index contributed by atoms with van der Waals surface area (Å²) < 4.78 is 4.79. The zero-order valence-electron chi connectivity index (χ0n) is 4.74. The molecule has 4 heteroatoms. The van der Waals surface area contributed by atoms with E-state index in [1.807, 2.05) is 6.08 Å². The molecule has 1 atom stereocenters. The monoisotopic (exact) mass is 145 g/mol. The molecule has 1 rings (SSSR count). The number of hydrogen-bond acceptors (Lipinski definition) is 3. The maximum absolute atomic E-state index is 10.3. The van der Waals surface area contributed by atoms with Crippen molar-refractivity contribution in [2.75, 3.05) is 0 Å². The Morgan fingerprint density at radius 2 is 2.67 bits per heavy atom. The van der Waals surface area contributed by atoms with Gasteiger partial charge in [0.2, 0.25) is 5.91 Å². The van der Waals surface area contributed by atoms with E-state index in [1.165, 1.54) is 12.0 Å². The van der Waals surface area contributed by atoms with Crippen LogP contribution in [0.25, 0.3) is 0 Å². The minimum absolute atomic E-state index is 0.127. The molecule has 1 unspecified atom stereocenters. The Morgan fingerprint density at radius 3 is 3.11 bits per heavy atom. The van der Waals surface area contributed by atoms with Gasteiger partial charge in [0.15, 0.2) is 0 Å². The van der Waals surface area contributed by atoms with Crippen LogP contribution in [0.4, 0.5) is 0 Å². The molecule has 1 aliphatic heterocycles. The average molecular weight is 145 g/mol. The van der Waals surface area contributed by atoms with Gasteiger partial charge < -0.3 is 9.92 Å². The van der Waals surface area contributed by atoms with Crippen LogP contribution < -0.4 is 5.73 Å². The van der Waals surface area contributed by atoms with Crippen LogP contribution in [0, 0.1) is 0 Å². The van der Waals surface area contributed by atoms with E-state index in [0.29, 0.717) is 6.42 Å². The summed E-state index contributed by atoms with van der Waals surface area (Å²) in [6.07, 6.45) is 3.74. The Morgan fingerprint density at radius 1 is 1.89 bits per heavy atom. The molecule has 0 aliphatic carbocycles. The van der Waals surface area contributed by atoms with Gasteiger partial charge >= 0.3 is 0 Å². The minimum Gasteiger partial charge on any atom is -0.433 e. The molecule has 3 nitrogen and oxygen atoms in total. The number of hydrogen-bond donors (Lipinski definition) is 1. The Hall–Kier alpha value is -0.640. The number of rotatable bonds is 2. The van der Waals surface area contributed by atoms with E-state index in [1.54, 1.807) is 6.26 Å². The van der Waals surface area contributed by atoms with Gasteiger partial charge in [-0.05, 0) is 6.08 Å². The zero-order valence-corrected chi connectivity index (χ0v) is 5.56. The molecule has 9 heavy (non-hydrogen) atoms. The Kier molecular flexibility index (Phi) is 2.00. The van der Waals surface area contributed by atoms with Crippen molar-refractivity contribution < 1.29 is 8.98 Å². The summed E-state index contributed by atoms with van der Waals surface area (Å²) >= 11 is 1.26. The van der Waals surface area contributed by atoms with Crippen LogP contribution in [0.5, 0.6) is 0 Å². The second-order valence-corrected chi connectivity index (χ2v) is 2.72. The highest BCUT2D eigenvalue weighted by atomic mass is 32.2. The smallest absolute Gasteiger partial charge is 0.218 e. The van der Waals surface area contributed by atoms with Crippen LogP contribution in [0.1, 0.15) is 6.42 Å². The van der Waals surface area contributed by atoms with Crippen LogP contribution in [0.15, 0.2) is 12.3 Å².